The van der Waals surface area contributed by atoms with Gasteiger partial charge in [0.15, 0.2) is 0 Å². The van der Waals surface area contributed by atoms with E-state index in [-0.39, 0.29) is 5.75 Å². The first kappa shape index (κ1) is 8.35. The third kappa shape index (κ3) is 1.59. The second kappa shape index (κ2) is 3.24. The number of benzene rings is 1. The molecule has 13 heavy (non-hydrogen) atoms. The molecule has 2 nitrogen and oxygen atoms in total. The van der Waals surface area contributed by atoms with Gasteiger partial charge in [-0.2, -0.15) is 0 Å². The topological polar surface area (TPSA) is 23.5 Å². The highest BCUT2D eigenvalue weighted by Crippen LogP contribution is 2.29. The number of hydrogen-bond donors (Lipinski definition) is 1. The minimum Gasteiger partial charge on any atom is -0.506 e. The molecular weight excluding hydrogens is 169 g/mol. The van der Waals surface area contributed by atoms with Gasteiger partial charge >= 0.3 is 0 Å². The number of phenolic OH excluding ortho intramolecular Hbond substituents is 1. The first-order valence-electron chi connectivity index (χ1n) is 4.44. The molecule has 0 saturated carbocycles. The van der Waals surface area contributed by atoms with Gasteiger partial charge in [0.25, 0.3) is 0 Å². The van der Waals surface area contributed by atoms with Crippen molar-refractivity contribution in [1.82, 2.24) is 0 Å². The van der Waals surface area contributed by atoms with Crippen LogP contribution in [0.25, 0.3) is 0 Å². The van der Waals surface area contributed by atoms with Crippen LogP contribution < -0.4 is 4.90 Å². The molecule has 1 fully saturated rings. The summed E-state index contributed by atoms with van der Waals surface area (Å²) in [5, 5.41) is 9.49. The first-order chi connectivity index (χ1) is 6.27. The van der Waals surface area contributed by atoms with Crippen molar-refractivity contribution in [1.29, 1.82) is 0 Å². The third-order valence-electron chi connectivity index (χ3n) is 2.35. The molecule has 0 aromatic heterocycles. The van der Waals surface area contributed by atoms with Gasteiger partial charge in [-0.1, -0.05) is 12.1 Å². The fourth-order valence-electron chi connectivity index (χ4n) is 1.67. The Morgan fingerprint density at radius 1 is 1.38 bits per heavy atom. The SMILES string of the molecule is Oc1ccccc1N1CCC(F)C1. The fraction of sp³-hybridized carbons (Fsp3) is 0.400. The number of alkyl halides is 1. The normalized spacial score (nSPS) is 22.2. The average Bonchev–Trinajstić information content (AvgIpc) is 2.53. The Bertz CT molecular complexity index is 303. The van der Waals surface area contributed by atoms with Crippen LogP contribution in [0.5, 0.6) is 5.75 Å². The Labute approximate surface area is 76.6 Å². The summed E-state index contributed by atoms with van der Waals surface area (Å²) < 4.78 is 12.9. The molecule has 1 unspecified atom stereocenters. The molecule has 1 N–H and O–H groups in total. The van der Waals surface area contributed by atoms with Crippen LogP contribution >= 0.6 is 0 Å². The van der Waals surface area contributed by atoms with Crippen molar-refractivity contribution < 1.29 is 9.50 Å². The first-order valence-corrected chi connectivity index (χ1v) is 4.44. The van der Waals surface area contributed by atoms with Crippen LogP contribution in [0.15, 0.2) is 24.3 Å². The lowest BCUT2D eigenvalue weighted by atomic mass is 10.3. The van der Waals surface area contributed by atoms with Crippen molar-refractivity contribution in [2.45, 2.75) is 12.6 Å². The zero-order valence-electron chi connectivity index (χ0n) is 7.28. The Morgan fingerprint density at radius 2 is 2.15 bits per heavy atom. The minimum atomic E-state index is -0.750. The second-order valence-corrected chi connectivity index (χ2v) is 3.32. The molecule has 1 aromatic rings. The Balaban J connectivity index is 2.21. The lowest BCUT2D eigenvalue weighted by Gasteiger charge is -2.18. The lowest BCUT2D eigenvalue weighted by Crippen LogP contribution is -2.19. The van der Waals surface area contributed by atoms with Crippen LogP contribution in [-0.4, -0.2) is 24.4 Å². The van der Waals surface area contributed by atoms with E-state index in [1.807, 2.05) is 17.0 Å². The summed E-state index contributed by atoms with van der Waals surface area (Å²) >= 11 is 0. The maximum absolute atomic E-state index is 12.9. The van der Waals surface area contributed by atoms with E-state index in [0.29, 0.717) is 19.5 Å². The van der Waals surface area contributed by atoms with Gasteiger partial charge in [0.1, 0.15) is 11.9 Å². The van der Waals surface area contributed by atoms with Gasteiger partial charge < -0.3 is 10.0 Å². The van der Waals surface area contributed by atoms with E-state index in [4.69, 9.17) is 0 Å². The zero-order valence-corrected chi connectivity index (χ0v) is 7.28. The number of hydrogen-bond acceptors (Lipinski definition) is 2. The van der Waals surface area contributed by atoms with Crippen molar-refractivity contribution in [2.75, 3.05) is 18.0 Å². The molecule has 0 radical (unpaired) electrons. The van der Waals surface area contributed by atoms with Crippen molar-refractivity contribution in [3.63, 3.8) is 0 Å². The molecule has 1 heterocycles. The fourth-order valence-corrected chi connectivity index (χ4v) is 1.67. The highest BCUT2D eigenvalue weighted by molar-refractivity contribution is 5.58. The Hall–Kier alpha value is -1.25. The van der Waals surface area contributed by atoms with Crippen molar-refractivity contribution in [3.8, 4) is 5.75 Å². The van der Waals surface area contributed by atoms with Gasteiger partial charge in [-0.15, -0.1) is 0 Å². The monoisotopic (exact) mass is 181 g/mol. The van der Waals surface area contributed by atoms with E-state index in [2.05, 4.69) is 0 Å². The Morgan fingerprint density at radius 3 is 2.77 bits per heavy atom. The van der Waals surface area contributed by atoms with Crippen LogP contribution in [0.3, 0.4) is 0 Å². The molecule has 1 aliphatic heterocycles. The number of nitrogens with zero attached hydrogens (tertiary/aromatic N) is 1. The summed E-state index contributed by atoms with van der Waals surface area (Å²) in [6, 6.07) is 7.05. The van der Waals surface area contributed by atoms with Crippen molar-refractivity contribution >= 4 is 5.69 Å². The van der Waals surface area contributed by atoms with E-state index in [1.54, 1.807) is 12.1 Å². The number of phenols is 1. The molecule has 70 valence electrons. The summed E-state index contributed by atoms with van der Waals surface area (Å²) in [4.78, 5) is 1.88. The summed E-state index contributed by atoms with van der Waals surface area (Å²) in [5.41, 5.74) is 0.739. The number of para-hydroxylation sites is 2. The van der Waals surface area contributed by atoms with Gasteiger partial charge in [-0.25, -0.2) is 4.39 Å². The minimum absolute atomic E-state index is 0.233. The van der Waals surface area contributed by atoms with Crippen LogP contribution in [-0.2, 0) is 0 Å². The van der Waals surface area contributed by atoms with Gasteiger partial charge in [0, 0.05) is 13.1 Å². The molecule has 1 aromatic carbocycles. The standard InChI is InChI=1S/C10H12FNO/c11-8-5-6-12(7-8)9-3-1-2-4-10(9)13/h1-4,8,13H,5-7H2. The zero-order chi connectivity index (χ0) is 9.26. The van der Waals surface area contributed by atoms with Crippen LogP contribution in [0, 0.1) is 0 Å². The second-order valence-electron chi connectivity index (χ2n) is 3.32. The molecule has 1 aliphatic rings. The average molecular weight is 181 g/mol. The van der Waals surface area contributed by atoms with Crippen LogP contribution in [0.2, 0.25) is 0 Å². The number of rotatable bonds is 1. The van der Waals surface area contributed by atoms with Gasteiger partial charge in [-0.05, 0) is 18.6 Å². The van der Waals surface area contributed by atoms with E-state index in [1.165, 1.54) is 0 Å². The van der Waals surface area contributed by atoms with E-state index >= 15 is 0 Å². The van der Waals surface area contributed by atoms with Crippen LogP contribution in [0.1, 0.15) is 6.42 Å². The summed E-state index contributed by atoms with van der Waals surface area (Å²) in [5.74, 6) is 0.233. The summed E-state index contributed by atoms with van der Waals surface area (Å²) in [6.07, 6.45) is -0.187. The molecule has 2 rings (SSSR count). The number of halogens is 1. The molecular formula is C10H12FNO. The maximum Gasteiger partial charge on any atom is 0.138 e. The lowest BCUT2D eigenvalue weighted by molar-refractivity contribution is 0.364. The van der Waals surface area contributed by atoms with E-state index in [9.17, 15) is 9.50 Å². The van der Waals surface area contributed by atoms with Crippen LogP contribution in [0.4, 0.5) is 10.1 Å². The highest BCUT2D eigenvalue weighted by atomic mass is 19.1. The third-order valence-corrected chi connectivity index (χ3v) is 2.35. The smallest absolute Gasteiger partial charge is 0.138 e. The largest absolute Gasteiger partial charge is 0.506 e. The molecule has 0 amide bonds. The molecule has 1 atom stereocenters. The molecule has 3 heteroatoms. The van der Waals surface area contributed by atoms with E-state index < -0.39 is 6.17 Å². The van der Waals surface area contributed by atoms with Crippen molar-refractivity contribution in [2.24, 2.45) is 0 Å². The predicted octanol–water partition coefficient (Wildman–Crippen LogP) is 1.94. The summed E-state index contributed by atoms with van der Waals surface area (Å²) in [7, 11) is 0. The number of anilines is 1. The molecule has 0 bridgehead atoms. The number of aromatic hydroxyl groups is 1. The van der Waals surface area contributed by atoms with Gasteiger partial charge in [0.05, 0.1) is 5.69 Å². The Kier molecular flexibility index (Phi) is 2.08. The quantitative estimate of drug-likeness (QED) is 0.715. The van der Waals surface area contributed by atoms with E-state index in [0.717, 1.165) is 5.69 Å². The molecule has 1 saturated heterocycles. The predicted molar refractivity (Wildman–Crippen MR) is 49.8 cm³/mol. The van der Waals surface area contributed by atoms with Crippen molar-refractivity contribution in [3.05, 3.63) is 24.3 Å². The highest BCUT2D eigenvalue weighted by Gasteiger charge is 2.23. The molecule has 0 spiro atoms. The maximum atomic E-state index is 12.9. The summed E-state index contributed by atoms with van der Waals surface area (Å²) in [6.45, 7) is 1.09. The van der Waals surface area contributed by atoms with Gasteiger partial charge in [0.2, 0.25) is 0 Å². The van der Waals surface area contributed by atoms with Gasteiger partial charge in [-0.3, -0.25) is 0 Å². The molecule has 0 aliphatic carbocycles.